The number of nitrogens with zero attached hydrogens (tertiary/aromatic N) is 2. The van der Waals surface area contributed by atoms with Crippen molar-refractivity contribution in [3.05, 3.63) is 59.2 Å². The minimum Gasteiger partial charge on any atom is -0.422 e. The van der Waals surface area contributed by atoms with Crippen LogP contribution in [0.2, 0.25) is 0 Å². The average molecular weight is 337 g/mol. The molecule has 0 aliphatic carbocycles. The fourth-order valence-corrected chi connectivity index (χ4v) is 2.77. The molecule has 0 saturated carbocycles. The summed E-state index contributed by atoms with van der Waals surface area (Å²) in [5, 5.41) is 1.56. The molecule has 25 heavy (non-hydrogen) atoms. The van der Waals surface area contributed by atoms with E-state index in [1.54, 1.807) is 5.01 Å². The summed E-state index contributed by atoms with van der Waals surface area (Å²) in [6, 6.07) is 13.6. The van der Waals surface area contributed by atoms with E-state index in [0.717, 1.165) is 16.6 Å². The molecule has 0 fully saturated rings. The van der Waals surface area contributed by atoms with Crippen LogP contribution in [0.3, 0.4) is 0 Å². The van der Waals surface area contributed by atoms with Gasteiger partial charge in [0.05, 0.1) is 5.54 Å². The Morgan fingerprint density at radius 2 is 1.72 bits per heavy atom. The van der Waals surface area contributed by atoms with Crippen molar-refractivity contribution >= 4 is 23.0 Å². The fourth-order valence-electron chi connectivity index (χ4n) is 2.77. The van der Waals surface area contributed by atoms with Crippen LogP contribution in [-0.2, 0) is 0 Å². The predicted octanol–water partition coefficient (Wildman–Crippen LogP) is 4.71. The Bertz CT molecular complexity index is 869. The van der Waals surface area contributed by atoms with Gasteiger partial charge in [0.25, 0.3) is 5.91 Å². The van der Waals surface area contributed by atoms with Crippen molar-refractivity contribution in [3.8, 4) is 0 Å². The monoisotopic (exact) mass is 337 g/mol. The van der Waals surface area contributed by atoms with E-state index in [1.807, 2.05) is 77.1 Å². The molecular weight excluding hydrogens is 314 g/mol. The van der Waals surface area contributed by atoms with E-state index < -0.39 is 5.54 Å². The molecular formula is C20H23N3O2. The molecule has 1 heterocycles. The van der Waals surface area contributed by atoms with Crippen LogP contribution in [0.15, 0.2) is 46.9 Å². The summed E-state index contributed by atoms with van der Waals surface area (Å²) >= 11 is 0. The van der Waals surface area contributed by atoms with E-state index in [4.69, 9.17) is 4.42 Å². The smallest absolute Gasteiger partial charge is 0.315 e. The summed E-state index contributed by atoms with van der Waals surface area (Å²) in [4.78, 5) is 17.5. The van der Waals surface area contributed by atoms with Crippen molar-refractivity contribution in [3.63, 3.8) is 0 Å². The number of aryl methyl sites for hydroxylation is 2. The molecule has 1 aromatic heterocycles. The van der Waals surface area contributed by atoms with E-state index in [1.165, 1.54) is 0 Å². The number of para-hydroxylation sites is 2. The Labute approximate surface area is 147 Å². The Balaban J connectivity index is 1.95. The van der Waals surface area contributed by atoms with Gasteiger partial charge in [-0.1, -0.05) is 29.3 Å². The van der Waals surface area contributed by atoms with Gasteiger partial charge >= 0.3 is 6.01 Å². The van der Waals surface area contributed by atoms with E-state index >= 15 is 0 Å². The third kappa shape index (κ3) is 3.65. The number of rotatable bonds is 3. The molecule has 5 nitrogen and oxygen atoms in total. The van der Waals surface area contributed by atoms with Crippen molar-refractivity contribution < 1.29 is 9.21 Å². The van der Waals surface area contributed by atoms with Gasteiger partial charge in [-0.2, -0.15) is 4.98 Å². The van der Waals surface area contributed by atoms with Crippen LogP contribution in [0.5, 0.6) is 0 Å². The predicted molar refractivity (Wildman–Crippen MR) is 99.5 cm³/mol. The lowest BCUT2D eigenvalue weighted by molar-refractivity contribution is 0.0644. The zero-order valence-electron chi connectivity index (χ0n) is 15.3. The lowest BCUT2D eigenvalue weighted by Crippen LogP contribution is -2.49. The summed E-state index contributed by atoms with van der Waals surface area (Å²) in [7, 11) is 0. The molecule has 0 saturated heterocycles. The number of hydrazine groups is 1. The number of carbonyl (C=O) groups is 1. The van der Waals surface area contributed by atoms with Gasteiger partial charge < -0.3 is 4.42 Å². The molecule has 0 aliphatic heterocycles. The van der Waals surface area contributed by atoms with Crippen molar-refractivity contribution in [1.82, 2.24) is 9.99 Å². The number of hydrogen-bond acceptors (Lipinski definition) is 4. The quantitative estimate of drug-likeness (QED) is 0.703. The maximum absolute atomic E-state index is 13.1. The van der Waals surface area contributed by atoms with Gasteiger partial charge in [0, 0.05) is 5.56 Å². The number of aromatic nitrogens is 1. The number of hydrogen-bond donors (Lipinski definition) is 1. The van der Waals surface area contributed by atoms with Crippen molar-refractivity contribution in [2.75, 3.05) is 5.43 Å². The van der Waals surface area contributed by atoms with Gasteiger partial charge in [-0.3, -0.25) is 4.79 Å². The third-order valence-electron chi connectivity index (χ3n) is 3.84. The van der Waals surface area contributed by atoms with Crippen molar-refractivity contribution in [2.45, 2.75) is 40.2 Å². The molecule has 130 valence electrons. The van der Waals surface area contributed by atoms with Gasteiger partial charge in [0.2, 0.25) is 0 Å². The number of fused-ring (bicyclic) bond motifs is 1. The normalized spacial score (nSPS) is 11.6. The zero-order chi connectivity index (χ0) is 18.2. The van der Waals surface area contributed by atoms with Crippen LogP contribution in [0.1, 0.15) is 42.3 Å². The average Bonchev–Trinajstić information content (AvgIpc) is 2.92. The second-order valence-corrected chi connectivity index (χ2v) is 7.29. The highest BCUT2D eigenvalue weighted by atomic mass is 16.4. The first-order valence-corrected chi connectivity index (χ1v) is 8.29. The summed E-state index contributed by atoms with van der Waals surface area (Å²) < 4.78 is 5.71. The first kappa shape index (κ1) is 17.0. The Morgan fingerprint density at radius 3 is 2.32 bits per heavy atom. The highest BCUT2D eigenvalue weighted by Gasteiger charge is 2.29. The molecule has 2 aromatic carbocycles. The summed E-state index contributed by atoms with van der Waals surface area (Å²) in [6.45, 7) is 9.86. The lowest BCUT2D eigenvalue weighted by Gasteiger charge is -2.35. The molecule has 1 N–H and O–H groups in total. The van der Waals surface area contributed by atoms with Crippen LogP contribution in [0.4, 0.5) is 6.01 Å². The standard InChI is InChI=1S/C20H23N3O2/c1-13-10-14(2)12-15(11-13)18(24)23(20(3,4)5)22-19-21-16-8-6-7-9-17(16)25-19/h6-12H,1-5H3,(H,21,22). The minimum atomic E-state index is -0.463. The van der Waals surface area contributed by atoms with Crippen LogP contribution in [0, 0.1) is 13.8 Å². The minimum absolute atomic E-state index is 0.124. The van der Waals surface area contributed by atoms with Crippen molar-refractivity contribution in [1.29, 1.82) is 0 Å². The zero-order valence-corrected chi connectivity index (χ0v) is 15.3. The van der Waals surface area contributed by atoms with E-state index in [2.05, 4.69) is 10.4 Å². The second-order valence-electron chi connectivity index (χ2n) is 7.29. The molecule has 0 radical (unpaired) electrons. The maximum Gasteiger partial charge on any atom is 0.315 e. The summed E-state index contributed by atoms with van der Waals surface area (Å²) in [5.74, 6) is -0.124. The van der Waals surface area contributed by atoms with Gasteiger partial charge in [0.1, 0.15) is 5.52 Å². The first-order chi connectivity index (χ1) is 11.7. The van der Waals surface area contributed by atoms with Crippen LogP contribution in [0.25, 0.3) is 11.1 Å². The van der Waals surface area contributed by atoms with Crippen LogP contribution >= 0.6 is 0 Å². The Hall–Kier alpha value is -2.82. The number of oxazole rings is 1. The summed E-state index contributed by atoms with van der Waals surface area (Å²) in [5.41, 5.74) is 6.76. The molecule has 0 atom stereocenters. The van der Waals surface area contributed by atoms with Gasteiger partial charge in [0.15, 0.2) is 5.58 Å². The highest BCUT2D eigenvalue weighted by Crippen LogP contribution is 2.23. The topological polar surface area (TPSA) is 58.4 Å². The van der Waals surface area contributed by atoms with E-state index in [0.29, 0.717) is 17.2 Å². The van der Waals surface area contributed by atoms with Crippen LogP contribution in [-0.4, -0.2) is 21.4 Å². The SMILES string of the molecule is Cc1cc(C)cc(C(=O)N(Nc2nc3ccccc3o2)C(C)(C)C)c1. The second kappa shape index (κ2) is 6.24. The van der Waals surface area contributed by atoms with Gasteiger partial charge in [-0.15, -0.1) is 0 Å². The lowest BCUT2D eigenvalue weighted by atomic mass is 10.0. The Morgan fingerprint density at radius 1 is 1.08 bits per heavy atom. The molecule has 0 aliphatic rings. The first-order valence-electron chi connectivity index (χ1n) is 8.29. The van der Waals surface area contributed by atoms with Gasteiger partial charge in [-0.05, 0) is 58.9 Å². The van der Waals surface area contributed by atoms with Crippen LogP contribution < -0.4 is 5.43 Å². The number of nitrogens with one attached hydrogen (secondary N) is 1. The molecule has 0 unspecified atom stereocenters. The molecule has 5 heteroatoms. The number of amides is 1. The maximum atomic E-state index is 13.1. The number of anilines is 1. The molecule has 0 bridgehead atoms. The molecule has 3 aromatic rings. The summed E-state index contributed by atoms with van der Waals surface area (Å²) in [6.07, 6.45) is 0. The molecule has 3 rings (SSSR count). The number of carbonyl (C=O) groups excluding carboxylic acids is 1. The Kier molecular flexibility index (Phi) is 4.25. The highest BCUT2D eigenvalue weighted by molar-refractivity contribution is 5.95. The van der Waals surface area contributed by atoms with Crippen molar-refractivity contribution in [2.24, 2.45) is 0 Å². The fraction of sp³-hybridized carbons (Fsp3) is 0.300. The molecule has 1 amide bonds. The number of benzene rings is 2. The van der Waals surface area contributed by atoms with Gasteiger partial charge in [-0.25, -0.2) is 10.4 Å². The third-order valence-corrected chi connectivity index (χ3v) is 3.84. The molecule has 0 spiro atoms. The van der Waals surface area contributed by atoms with E-state index in [9.17, 15) is 4.79 Å². The largest absolute Gasteiger partial charge is 0.422 e. The van der Waals surface area contributed by atoms with E-state index in [-0.39, 0.29) is 5.91 Å².